The molecule has 6 aromatic rings. The molecular formula is C84H98F3N9O10S. The van der Waals surface area contributed by atoms with E-state index < -0.39 is 10.0 Å². The molecule has 3 aliphatic heterocycles. The first-order valence-corrected chi connectivity index (χ1v) is 39.9. The molecule has 0 unspecified atom stereocenters. The number of aromatic nitrogens is 3. The van der Waals surface area contributed by atoms with Crippen molar-refractivity contribution in [2.24, 2.45) is 71.0 Å². The number of alkyl carbamates (subject to hydrolysis) is 3. The van der Waals surface area contributed by atoms with Gasteiger partial charge in [-0.3, -0.25) is 24.5 Å². The molecule has 9 aliphatic rings. The van der Waals surface area contributed by atoms with Gasteiger partial charge in [-0.05, 0) is 258 Å². The van der Waals surface area contributed by atoms with Crippen molar-refractivity contribution in [2.75, 3.05) is 32.6 Å². The molecular weight excluding hydrogens is 1380 g/mol. The summed E-state index contributed by atoms with van der Waals surface area (Å²) in [5, 5.41) is 12.2. The number of sulfonamides is 1. The Labute approximate surface area is 625 Å². The molecule has 0 spiro atoms. The van der Waals surface area contributed by atoms with Gasteiger partial charge >= 0.3 is 18.3 Å². The highest BCUT2D eigenvalue weighted by Gasteiger charge is 2.54. The molecule has 3 aromatic carbocycles. The highest BCUT2D eigenvalue weighted by atomic mass is 32.2. The summed E-state index contributed by atoms with van der Waals surface area (Å²) in [7, 11) is -1.36. The van der Waals surface area contributed by atoms with Gasteiger partial charge in [-0.2, -0.15) is 0 Å². The Morgan fingerprint density at radius 3 is 1.27 bits per heavy atom. The van der Waals surface area contributed by atoms with E-state index in [1.54, 1.807) is 50.6 Å². The standard InChI is InChI=1S/C29H34FN3O3.C28H32FN3O3.C27H32FN3O4S/c1-3-36-29(35)32-23-10-11-24-20(14-23)15-27-26(16-28(34)33(27)2)25(24)12-9-22-8-7-19(17-31-22)18-5-4-6-21(30)13-18;1-2-35-28(34)31-22-9-10-23-19(13-22)14-26-25(15-27(33)32-26)24(23)11-8-21-7-6-18(16-30-21)17-4-3-5-20(29)12-17;1-2-35-27(32)30-22-9-10-23-19(13-22)14-26-25(16-36(33,34)31-26)24(23)11-8-21-7-6-18(15-29-21)17-4-3-5-20(28)12-17/h4-9,12-13,17,20,23-27H,3,10-11,14-16H2,1-2H3,(H,32,35);3-8,11-12,16,19,22-26H,2,9-10,13-15H2,1H3,(H,31,34)(H,32,33);3-8,11-12,15,19,22-26,31H,2,9-10,13-14,16H2,1H3,(H,30,32)/b12-9+;2*11-8+/t20-,23+,24+,25-,26-,27+;2*19-,22+,23+,24-,25-,26+/m000/s1. The first-order chi connectivity index (χ1) is 51.7. The summed E-state index contributed by atoms with van der Waals surface area (Å²) in [5.41, 5.74) is 7.43. The van der Waals surface area contributed by atoms with Crippen molar-refractivity contribution in [3.63, 3.8) is 0 Å². The van der Waals surface area contributed by atoms with E-state index in [9.17, 15) is 45.6 Å². The van der Waals surface area contributed by atoms with Gasteiger partial charge in [0.05, 0.1) is 42.7 Å². The number of carbonyl (C=O) groups is 5. The van der Waals surface area contributed by atoms with E-state index >= 15 is 0 Å². The van der Waals surface area contributed by atoms with Crippen LogP contribution in [-0.2, 0) is 33.8 Å². The predicted molar refractivity (Wildman–Crippen MR) is 404 cm³/mol. The van der Waals surface area contributed by atoms with Crippen LogP contribution in [0.2, 0.25) is 0 Å². The molecule has 6 aliphatic carbocycles. The number of amides is 5. The van der Waals surface area contributed by atoms with Crippen LogP contribution in [0.15, 0.2) is 146 Å². The van der Waals surface area contributed by atoms with Gasteiger partial charge in [0, 0.05) is 91.4 Å². The average molecular weight is 1480 g/mol. The van der Waals surface area contributed by atoms with E-state index in [0.29, 0.717) is 80.0 Å². The van der Waals surface area contributed by atoms with Gasteiger partial charge in [0.15, 0.2) is 0 Å². The molecule has 0 bridgehead atoms. The normalized spacial score (nSPS) is 30.1. The second kappa shape index (κ2) is 34.3. The third-order valence-electron chi connectivity index (χ3n) is 24.2. The fourth-order valence-corrected chi connectivity index (χ4v) is 21.2. The Kier molecular flexibility index (Phi) is 24.4. The maximum atomic E-state index is 13.6. The Morgan fingerprint density at radius 2 is 0.879 bits per heavy atom. The molecule has 6 heterocycles. The lowest BCUT2D eigenvalue weighted by Crippen LogP contribution is -2.50. The Morgan fingerprint density at radius 1 is 0.486 bits per heavy atom. The summed E-state index contributed by atoms with van der Waals surface area (Å²) in [5.74, 6) is 3.49. The van der Waals surface area contributed by atoms with Crippen LogP contribution in [0.1, 0.15) is 128 Å². The van der Waals surface area contributed by atoms with Crippen molar-refractivity contribution in [1.29, 1.82) is 0 Å². The summed E-state index contributed by atoms with van der Waals surface area (Å²) in [6.07, 6.45) is 29.2. The number of hydrogen-bond acceptors (Lipinski definition) is 13. The van der Waals surface area contributed by atoms with Gasteiger partial charge in [-0.1, -0.05) is 72.8 Å². The molecule has 5 N–H and O–H groups in total. The van der Waals surface area contributed by atoms with Crippen molar-refractivity contribution < 1.29 is 59.8 Å². The zero-order chi connectivity index (χ0) is 74.9. The summed E-state index contributed by atoms with van der Waals surface area (Å²) in [6, 6.07) is 31.7. The summed E-state index contributed by atoms with van der Waals surface area (Å²) >= 11 is 0. The van der Waals surface area contributed by atoms with E-state index in [0.717, 1.165) is 128 Å². The largest absolute Gasteiger partial charge is 0.450 e. The molecule has 3 saturated heterocycles. The number of carbonyl (C=O) groups excluding carboxylic acids is 5. The van der Waals surface area contributed by atoms with Gasteiger partial charge in [-0.15, -0.1) is 0 Å². The third kappa shape index (κ3) is 18.7. The minimum Gasteiger partial charge on any atom is -0.450 e. The zero-order valence-corrected chi connectivity index (χ0v) is 61.9. The minimum absolute atomic E-state index is 0.0219. The molecule has 5 amide bonds. The Balaban J connectivity index is 0.000000142. The van der Waals surface area contributed by atoms with Crippen LogP contribution >= 0.6 is 0 Å². The molecule has 23 heteroatoms. The first-order valence-electron chi connectivity index (χ1n) is 38.3. The molecule has 0 radical (unpaired) electrons. The van der Waals surface area contributed by atoms with Crippen LogP contribution in [-0.4, -0.2) is 127 Å². The lowest BCUT2D eigenvalue weighted by molar-refractivity contribution is -0.128. The average Bonchev–Trinajstić information content (AvgIpc) is 1.62. The molecule has 566 valence electrons. The number of halogens is 3. The topological polar surface area (TPSA) is 249 Å². The predicted octanol–water partition coefficient (Wildman–Crippen LogP) is 14.6. The van der Waals surface area contributed by atoms with Crippen LogP contribution in [0.4, 0.5) is 27.6 Å². The smallest absolute Gasteiger partial charge is 0.407 e. The number of nitrogens with zero attached hydrogens (tertiary/aromatic N) is 4. The van der Waals surface area contributed by atoms with Crippen LogP contribution in [0.5, 0.6) is 0 Å². The second-order valence-corrected chi connectivity index (χ2v) is 32.3. The van der Waals surface area contributed by atoms with E-state index in [2.05, 4.69) is 71.3 Å². The summed E-state index contributed by atoms with van der Waals surface area (Å²) < 4.78 is 83.7. The van der Waals surface area contributed by atoms with Gasteiger partial charge < -0.3 is 40.4 Å². The summed E-state index contributed by atoms with van der Waals surface area (Å²) in [6.45, 7) is 6.47. The fourth-order valence-electron chi connectivity index (χ4n) is 19.4. The first kappa shape index (κ1) is 76.0. The van der Waals surface area contributed by atoms with Crippen molar-refractivity contribution in [3.05, 3.63) is 181 Å². The number of likely N-dealkylation sites (tertiary alicyclic amines) is 1. The number of benzene rings is 3. The molecule has 3 aromatic heterocycles. The Bertz CT molecular complexity index is 4340. The van der Waals surface area contributed by atoms with E-state index in [4.69, 9.17) is 14.2 Å². The summed E-state index contributed by atoms with van der Waals surface area (Å²) in [4.78, 5) is 76.4. The lowest BCUT2D eigenvalue weighted by atomic mass is 9.59. The van der Waals surface area contributed by atoms with Crippen molar-refractivity contribution >= 4 is 58.3 Å². The van der Waals surface area contributed by atoms with Crippen molar-refractivity contribution in [3.8, 4) is 33.4 Å². The molecule has 9 fully saturated rings. The number of rotatable bonds is 15. The number of fused-ring (bicyclic) bond motifs is 6. The lowest BCUT2D eigenvalue weighted by Gasteiger charge is -2.49. The number of nitrogens with one attached hydrogen (secondary N) is 5. The maximum Gasteiger partial charge on any atom is 0.407 e. The molecule has 19 nitrogen and oxygen atoms in total. The van der Waals surface area contributed by atoms with E-state index in [1.807, 2.05) is 79.5 Å². The number of ether oxygens (including phenoxy) is 3. The van der Waals surface area contributed by atoms with Crippen LogP contribution in [0.3, 0.4) is 0 Å². The van der Waals surface area contributed by atoms with Crippen molar-refractivity contribution in [1.82, 2.24) is 45.8 Å². The third-order valence-corrected chi connectivity index (χ3v) is 25.7. The number of allylic oxidation sites excluding steroid dienone is 3. The Hall–Kier alpha value is -9.22. The minimum atomic E-state index is -3.29. The second-order valence-electron chi connectivity index (χ2n) is 30.5. The molecule has 15 rings (SSSR count). The van der Waals surface area contributed by atoms with E-state index in [1.165, 1.54) is 36.4 Å². The van der Waals surface area contributed by atoms with Crippen LogP contribution < -0.4 is 26.0 Å². The maximum absolute atomic E-state index is 13.6. The fraction of sp³-hybridized carbons (Fsp3) is 0.476. The monoisotopic (exact) mass is 1480 g/mol. The molecule has 6 saturated carbocycles. The quantitative estimate of drug-likeness (QED) is 0.0601. The SMILES string of the molecule is CCOC(=O)N[C@@H]1CC[C@@H]2[C@@H](C1)C[C@@H]1[C@@H](CC(=O)N1C)[C@H]2/C=C/c1ccc(-c2cccc(F)c2)cn1.CCOC(=O)N[C@@H]1CC[C@@H]2[C@@H](C1)C[C@H]1NC(=O)C[C@H]1[C@H]2/C=C/c1ccc(-c2cccc(F)c2)cn1.CCOC(=O)N[C@@H]1CC[C@@H]2[C@@H](C1)C[C@H]1NS(=O)(=O)C[C@H]1[C@H]2/C=C/c1ccc(-c2cccc(F)c2)cn1. The number of hydrogen-bond donors (Lipinski definition) is 5. The van der Waals surface area contributed by atoms with Crippen LogP contribution in [0, 0.1) is 88.5 Å². The highest BCUT2D eigenvalue weighted by molar-refractivity contribution is 7.89. The van der Waals surface area contributed by atoms with Crippen molar-refractivity contribution in [2.45, 2.75) is 147 Å². The molecule has 107 heavy (non-hydrogen) atoms. The highest BCUT2D eigenvalue weighted by Crippen LogP contribution is 2.54. The van der Waals surface area contributed by atoms with Gasteiger partial charge in [0.25, 0.3) is 0 Å². The molecule has 18 atom stereocenters. The number of pyridine rings is 3. The van der Waals surface area contributed by atoms with Gasteiger partial charge in [0.2, 0.25) is 21.8 Å². The zero-order valence-electron chi connectivity index (χ0n) is 61.1. The van der Waals surface area contributed by atoms with Gasteiger partial charge in [-0.25, -0.2) is 40.7 Å². The van der Waals surface area contributed by atoms with Gasteiger partial charge in [0.1, 0.15) is 17.5 Å². The van der Waals surface area contributed by atoms with Crippen LogP contribution in [0.25, 0.3) is 51.6 Å². The van der Waals surface area contributed by atoms with E-state index in [-0.39, 0.29) is 113 Å².